The number of fused-ring (bicyclic) bond motifs is 3. The van der Waals surface area contributed by atoms with Crippen LogP contribution in [0.2, 0.25) is 0 Å². The molecule has 1 aliphatic heterocycles. The predicted octanol–water partition coefficient (Wildman–Crippen LogP) is 5.91. The van der Waals surface area contributed by atoms with Crippen LogP contribution in [0.4, 0.5) is 5.69 Å². The molecule has 0 aromatic heterocycles. The summed E-state index contributed by atoms with van der Waals surface area (Å²) < 4.78 is 10.8. The highest BCUT2D eigenvalue weighted by Gasteiger charge is 2.39. The summed E-state index contributed by atoms with van der Waals surface area (Å²) in [7, 11) is 0. The number of para-hydroxylation sites is 1. The van der Waals surface area contributed by atoms with Crippen molar-refractivity contribution in [2.75, 3.05) is 11.9 Å². The van der Waals surface area contributed by atoms with Crippen LogP contribution in [0.1, 0.15) is 57.1 Å². The highest BCUT2D eigenvalue weighted by molar-refractivity contribution is 5.97. The van der Waals surface area contributed by atoms with Gasteiger partial charge in [0.1, 0.15) is 5.75 Å². The van der Waals surface area contributed by atoms with Crippen molar-refractivity contribution in [1.29, 1.82) is 0 Å². The Morgan fingerprint density at radius 1 is 0.939 bits per heavy atom. The summed E-state index contributed by atoms with van der Waals surface area (Å²) >= 11 is 0. The van der Waals surface area contributed by atoms with Crippen LogP contribution in [0.3, 0.4) is 0 Å². The van der Waals surface area contributed by atoms with E-state index in [-0.39, 0.29) is 23.9 Å². The molecule has 0 amide bonds. The van der Waals surface area contributed by atoms with Crippen molar-refractivity contribution in [3.63, 3.8) is 0 Å². The van der Waals surface area contributed by atoms with Crippen LogP contribution in [0.5, 0.6) is 5.75 Å². The molecule has 0 saturated carbocycles. The number of anilines is 1. The normalized spacial score (nSPS) is 20.3. The van der Waals surface area contributed by atoms with Crippen LogP contribution in [0.15, 0.2) is 84.9 Å². The van der Waals surface area contributed by atoms with Crippen molar-refractivity contribution in [3.05, 3.63) is 107 Å². The second-order valence-corrected chi connectivity index (χ2v) is 8.29. The van der Waals surface area contributed by atoms with Crippen molar-refractivity contribution in [2.24, 2.45) is 5.92 Å². The Morgan fingerprint density at radius 2 is 1.73 bits per heavy atom. The first kappa shape index (κ1) is 21.0. The van der Waals surface area contributed by atoms with E-state index in [4.69, 9.17) is 9.47 Å². The lowest BCUT2D eigenvalue weighted by molar-refractivity contribution is 0.0526. The molecular weight excluding hydrogens is 414 g/mol. The number of esters is 2. The Kier molecular flexibility index (Phi) is 5.69. The van der Waals surface area contributed by atoms with Crippen LogP contribution in [0, 0.1) is 5.92 Å². The Bertz CT molecular complexity index is 1200. The molecule has 0 spiro atoms. The van der Waals surface area contributed by atoms with E-state index in [9.17, 15) is 9.59 Å². The minimum absolute atomic E-state index is 0.0203. The predicted molar refractivity (Wildman–Crippen MR) is 127 cm³/mol. The number of nitrogens with one attached hydrogen (secondary N) is 1. The smallest absolute Gasteiger partial charge is 0.343 e. The molecule has 1 heterocycles. The van der Waals surface area contributed by atoms with Crippen LogP contribution in [-0.4, -0.2) is 18.5 Å². The Balaban J connectivity index is 1.41. The average molecular weight is 440 g/mol. The molecule has 3 aromatic carbocycles. The van der Waals surface area contributed by atoms with Crippen molar-refractivity contribution < 1.29 is 19.1 Å². The van der Waals surface area contributed by atoms with Gasteiger partial charge in [-0.15, -0.1) is 0 Å². The van der Waals surface area contributed by atoms with Crippen molar-refractivity contribution in [3.8, 4) is 5.75 Å². The Morgan fingerprint density at radius 3 is 2.48 bits per heavy atom. The molecule has 0 radical (unpaired) electrons. The number of carbonyl (C=O) groups excluding carboxylic acids is 2. The molecule has 3 aromatic rings. The highest BCUT2D eigenvalue weighted by atomic mass is 16.5. The number of benzene rings is 3. The van der Waals surface area contributed by atoms with E-state index in [0.717, 1.165) is 23.2 Å². The summed E-state index contributed by atoms with van der Waals surface area (Å²) in [6, 6.07) is 22.4. The Labute approximate surface area is 193 Å². The third-order valence-corrected chi connectivity index (χ3v) is 6.35. The van der Waals surface area contributed by atoms with Crippen molar-refractivity contribution >= 4 is 17.6 Å². The third-order valence-electron chi connectivity index (χ3n) is 6.35. The van der Waals surface area contributed by atoms with Gasteiger partial charge in [0, 0.05) is 5.92 Å². The van der Waals surface area contributed by atoms with Gasteiger partial charge in [-0.05, 0) is 60.7 Å². The third kappa shape index (κ3) is 4.02. The van der Waals surface area contributed by atoms with E-state index >= 15 is 0 Å². The summed E-state index contributed by atoms with van der Waals surface area (Å²) in [5.41, 5.74) is 4.12. The SMILES string of the molecule is CCOC(=O)c1cccc2c1N[C@@H](c1ccc(OC(=O)c3ccccc3)cc1)[C@H]1CC=C[C@@H]21. The zero-order valence-corrected chi connectivity index (χ0v) is 18.4. The molecule has 5 nitrogen and oxygen atoms in total. The van der Waals surface area contributed by atoms with E-state index in [1.165, 1.54) is 0 Å². The molecule has 3 atom stereocenters. The molecule has 166 valence electrons. The molecular formula is C28H25NO4. The fraction of sp³-hybridized carbons (Fsp3) is 0.214. The summed E-state index contributed by atoms with van der Waals surface area (Å²) in [6.45, 7) is 2.15. The van der Waals surface area contributed by atoms with Gasteiger partial charge in [-0.2, -0.15) is 0 Å². The lowest BCUT2D eigenvalue weighted by atomic mass is 9.76. The van der Waals surface area contributed by atoms with Crippen LogP contribution in [-0.2, 0) is 4.74 Å². The fourth-order valence-corrected chi connectivity index (χ4v) is 4.81. The van der Waals surface area contributed by atoms with Crippen molar-refractivity contribution in [1.82, 2.24) is 0 Å². The zero-order valence-electron chi connectivity index (χ0n) is 18.4. The fourth-order valence-electron chi connectivity index (χ4n) is 4.81. The summed E-state index contributed by atoms with van der Waals surface area (Å²) in [4.78, 5) is 24.9. The molecule has 0 fully saturated rings. The summed E-state index contributed by atoms with van der Waals surface area (Å²) in [5.74, 6) is 0.373. The van der Waals surface area contributed by atoms with Gasteiger partial charge >= 0.3 is 11.9 Å². The van der Waals surface area contributed by atoms with E-state index in [0.29, 0.717) is 29.4 Å². The van der Waals surface area contributed by atoms with Gasteiger partial charge in [0.05, 0.1) is 29.5 Å². The first-order valence-corrected chi connectivity index (χ1v) is 11.3. The quantitative estimate of drug-likeness (QED) is 0.304. The molecule has 5 heteroatoms. The number of allylic oxidation sites excluding steroid dienone is 2. The van der Waals surface area contributed by atoms with Gasteiger partial charge in [-0.3, -0.25) is 0 Å². The number of carbonyl (C=O) groups is 2. The first-order chi connectivity index (χ1) is 16.2. The van der Waals surface area contributed by atoms with E-state index in [2.05, 4.69) is 23.5 Å². The molecule has 33 heavy (non-hydrogen) atoms. The number of rotatable bonds is 5. The minimum Gasteiger partial charge on any atom is -0.462 e. The molecule has 0 bridgehead atoms. The van der Waals surface area contributed by atoms with E-state index in [1.807, 2.05) is 61.5 Å². The molecule has 1 N–H and O–H groups in total. The second kappa shape index (κ2) is 8.94. The van der Waals surface area contributed by atoms with Gasteiger partial charge in [0.25, 0.3) is 0 Å². The second-order valence-electron chi connectivity index (χ2n) is 8.29. The molecule has 2 aliphatic rings. The van der Waals surface area contributed by atoms with Gasteiger partial charge in [-0.1, -0.05) is 54.6 Å². The Hall–Kier alpha value is -3.86. The van der Waals surface area contributed by atoms with Crippen molar-refractivity contribution in [2.45, 2.75) is 25.3 Å². The molecule has 0 unspecified atom stereocenters. The molecule has 5 rings (SSSR count). The van der Waals surface area contributed by atoms with Gasteiger partial charge in [0.2, 0.25) is 0 Å². The van der Waals surface area contributed by atoms with E-state index in [1.54, 1.807) is 12.1 Å². The minimum atomic E-state index is -0.382. The lowest BCUT2D eigenvalue weighted by Gasteiger charge is -2.38. The first-order valence-electron chi connectivity index (χ1n) is 11.3. The number of ether oxygens (including phenoxy) is 2. The summed E-state index contributed by atoms with van der Waals surface area (Å²) in [6.07, 6.45) is 5.41. The number of hydrogen-bond acceptors (Lipinski definition) is 5. The molecule has 0 saturated heterocycles. The lowest BCUT2D eigenvalue weighted by Crippen LogP contribution is -2.30. The van der Waals surface area contributed by atoms with Crippen LogP contribution < -0.4 is 10.1 Å². The van der Waals surface area contributed by atoms with Crippen LogP contribution in [0.25, 0.3) is 0 Å². The number of hydrogen-bond donors (Lipinski definition) is 1. The van der Waals surface area contributed by atoms with Crippen LogP contribution >= 0.6 is 0 Å². The zero-order chi connectivity index (χ0) is 22.8. The maximum Gasteiger partial charge on any atom is 0.343 e. The monoisotopic (exact) mass is 439 g/mol. The highest BCUT2D eigenvalue weighted by Crippen LogP contribution is 2.50. The maximum atomic E-state index is 12.6. The van der Waals surface area contributed by atoms with Gasteiger partial charge in [-0.25, -0.2) is 9.59 Å². The standard InChI is InChI=1S/C28H25NO4/c1-2-32-28(31)24-13-7-12-23-21-10-6-11-22(21)25(29-26(23)24)18-14-16-20(17-15-18)33-27(30)19-8-4-3-5-9-19/h3-10,12-17,21-22,25,29H,2,11H2,1H3/t21-,22+,25+/m1/s1. The van der Waals surface area contributed by atoms with Gasteiger partial charge < -0.3 is 14.8 Å². The maximum absolute atomic E-state index is 12.6. The largest absolute Gasteiger partial charge is 0.462 e. The molecule has 1 aliphatic carbocycles. The van der Waals surface area contributed by atoms with Gasteiger partial charge in [0.15, 0.2) is 0 Å². The topological polar surface area (TPSA) is 64.6 Å². The van der Waals surface area contributed by atoms with E-state index < -0.39 is 0 Å². The average Bonchev–Trinajstić information content (AvgIpc) is 3.35. The summed E-state index contributed by atoms with van der Waals surface area (Å²) in [5, 5.41) is 3.63.